The molecule has 0 radical (unpaired) electrons. The Hall–Kier alpha value is -1.38. The fraction of sp³-hybridized carbons (Fsp3) is 0.588. The molecule has 0 spiro atoms. The van der Waals surface area contributed by atoms with Gasteiger partial charge in [-0.1, -0.05) is 24.5 Å². The van der Waals surface area contributed by atoms with E-state index in [1.807, 2.05) is 11.8 Å². The molecule has 3 rings (SSSR count). The molecule has 2 nitrogen and oxygen atoms in total. The number of rotatable bonds is 2. The van der Waals surface area contributed by atoms with Crippen LogP contribution in [0.3, 0.4) is 0 Å². The Labute approximate surface area is 120 Å². The van der Waals surface area contributed by atoms with Crippen molar-refractivity contribution in [1.29, 1.82) is 0 Å². The van der Waals surface area contributed by atoms with Crippen molar-refractivity contribution in [3.63, 3.8) is 0 Å². The van der Waals surface area contributed by atoms with Crippen molar-refractivity contribution in [3.05, 3.63) is 35.1 Å². The van der Waals surface area contributed by atoms with Crippen molar-refractivity contribution in [2.75, 3.05) is 6.54 Å². The van der Waals surface area contributed by atoms with Crippen molar-refractivity contribution in [3.8, 4) is 0 Å². The number of halogens is 1. The van der Waals surface area contributed by atoms with Gasteiger partial charge in [0, 0.05) is 12.6 Å². The maximum Gasteiger partial charge on any atom is 0.257 e. The smallest absolute Gasteiger partial charge is 0.257 e. The summed E-state index contributed by atoms with van der Waals surface area (Å²) in [6.07, 6.45) is 7.16. The second kappa shape index (κ2) is 5.55. The Bertz CT molecular complexity index is 508. The van der Waals surface area contributed by atoms with E-state index in [0.717, 1.165) is 24.9 Å². The first-order valence-electron chi connectivity index (χ1n) is 7.74. The highest BCUT2D eigenvalue weighted by Gasteiger charge is 2.36. The Morgan fingerprint density at radius 1 is 1.20 bits per heavy atom. The fourth-order valence-electron chi connectivity index (χ4n) is 3.83. The number of likely N-dealkylation sites (tertiary alicyclic amines) is 1. The minimum atomic E-state index is -0.391. The van der Waals surface area contributed by atoms with E-state index in [0.29, 0.717) is 12.0 Å². The molecule has 2 aliphatic rings. The molecule has 1 aliphatic carbocycles. The fourth-order valence-corrected chi connectivity index (χ4v) is 3.83. The van der Waals surface area contributed by atoms with Gasteiger partial charge in [0.25, 0.3) is 5.91 Å². The monoisotopic (exact) mass is 275 g/mol. The van der Waals surface area contributed by atoms with Gasteiger partial charge in [-0.05, 0) is 50.7 Å². The summed E-state index contributed by atoms with van der Waals surface area (Å²) in [4.78, 5) is 14.6. The number of carbonyl (C=O) groups excluding carboxylic acids is 1. The van der Waals surface area contributed by atoms with Crippen LogP contribution in [0.2, 0.25) is 0 Å². The predicted octanol–water partition coefficient (Wildman–Crippen LogP) is 3.93. The third-order valence-electron chi connectivity index (χ3n) is 4.86. The lowest BCUT2D eigenvalue weighted by Crippen LogP contribution is -2.39. The summed E-state index contributed by atoms with van der Waals surface area (Å²) in [6.45, 7) is 2.68. The van der Waals surface area contributed by atoms with Crippen molar-refractivity contribution >= 4 is 5.91 Å². The number of hydrogen-bond acceptors (Lipinski definition) is 1. The first-order chi connectivity index (χ1) is 9.66. The lowest BCUT2D eigenvalue weighted by Gasteiger charge is -2.29. The summed E-state index contributed by atoms with van der Waals surface area (Å²) < 4.78 is 13.9. The van der Waals surface area contributed by atoms with Crippen LogP contribution in [0.5, 0.6) is 0 Å². The van der Waals surface area contributed by atoms with E-state index in [2.05, 4.69) is 0 Å². The first kappa shape index (κ1) is 13.6. The van der Waals surface area contributed by atoms with Crippen LogP contribution in [-0.4, -0.2) is 23.4 Å². The van der Waals surface area contributed by atoms with Crippen LogP contribution in [0.15, 0.2) is 18.2 Å². The third kappa shape index (κ3) is 2.46. The molecule has 108 valence electrons. The van der Waals surface area contributed by atoms with Crippen molar-refractivity contribution in [2.45, 2.75) is 51.5 Å². The van der Waals surface area contributed by atoms with Crippen molar-refractivity contribution < 1.29 is 9.18 Å². The van der Waals surface area contributed by atoms with Gasteiger partial charge in [0.05, 0.1) is 5.56 Å². The minimum absolute atomic E-state index is 0.111. The molecule has 0 aromatic heterocycles. The van der Waals surface area contributed by atoms with Gasteiger partial charge in [0.1, 0.15) is 5.82 Å². The maximum absolute atomic E-state index is 13.9. The molecule has 1 aromatic carbocycles. The molecule has 0 bridgehead atoms. The number of hydrogen-bond donors (Lipinski definition) is 0. The number of nitrogens with zero attached hydrogens (tertiary/aromatic N) is 1. The van der Waals surface area contributed by atoms with E-state index in [4.69, 9.17) is 0 Å². The minimum Gasteiger partial charge on any atom is -0.335 e. The maximum atomic E-state index is 13.9. The summed E-state index contributed by atoms with van der Waals surface area (Å²) in [5, 5.41) is 0. The number of benzene rings is 1. The zero-order valence-corrected chi connectivity index (χ0v) is 12.1. The lowest BCUT2D eigenvalue weighted by atomic mass is 9.95. The zero-order chi connectivity index (χ0) is 14.1. The van der Waals surface area contributed by atoms with E-state index in [1.165, 1.54) is 31.7 Å². The zero-order valence-electron chi connectivity index (χ0n) is 12.1. The molecule has 20 heavy (non-hydrogen) atoms. The van der Waals surface area contributed by atoms with Crippen molar-refractivity contribution in [1.82, 2.24) is 4.90 Å². The number of aryl methyl sites for hydroxylation is 1. The summed E-state index contributed by atoms with van der Waals surface area (Å²) in [5.74, 6) is 0.132. The van der Waals surface area contributed by atoms with Gasteiger partial charge in [-0.2, -0.15) is 0 Å². The molecule has 1 saturated carbocycles. The highest BCUT2D eigenvalue weighted by molar-refractivity contribution is 5.95. The first-order valence-corrected chi connectivity index (χ1v) is 7.74. The Morgan fingerprint density at radius 2 is 1.95 bits per heavy atom. The second-order valence-electron chi connectivity index (χ2n) is 6.24. The van der Waals surface area contributed by atoms with Gasteiger partial charge in [-0.25, -0.2) is 4.39 Å². The molecule has 1 saturated heterocycles. The van der Waals surface area contributed by atoms with Gasteiger partial charge in [-0.3, -0.25) is 4.79 Å². The Kier molecular flexibility index (Phi) is 3.77. The highest BCUT2D eigenvalue weighted by Crippen LogP contribution is 2.36. The van der Waals surface area contributed by atoms with E-state index < -0.39 is 5.82 Å². The van der Waals surface area contributed by atoms with Gasteiger partial charge < -0.3 is 4.90 Å². The third-order valence-corrected chi connectivity index (χ3v) is 4.86. The average Bonchev–Trinajstić information content (AvgIpc) is 3.10. The molecule has 2 fully saturated rings. The molecule has 1 amide bonds. The Morgan fingerprint density at radius 3 is 2.70 bits per heavy atom. The average molecular weight is 275 g/mol. The summed E-state index contributed by atoms with van der Waals surface area (Å²) in [5.41, 5.74) is 1.18. The van der Waals surface area contributed by atoms with Crippen LogP contribution in [0.25, 0.3) is 0 Å². The van der Waals surface area contributed by atoms with E-state index >= 15 is 0 Å². The summed E-state index contributed by atoms with van der Waals surface area (Å²) in [7, 11) is 0. The van der Waals surface area contributed by atoms with Gasteiger partial charge in [-0.15, -0.1) is 0 Å². The second-order valence-corrected chi connectivity index (χ2v) is 6.24. The number of amides is 1. The molecular weight excluding hydrogens is 253 g/mol. The lowest BCUT2D eigenvalue weighted by molar-refractivity contribution is 0.0684. The largest absolute Gasteiger partial charge is 0.335 e. The van der Waals surface area contributed by atoms with Crippen molar-refractivity contribution in [2.24, 2.45) is 5.92 Å². The van der Waals surface area contributed by atoms with Gasteiger partial charge in [0.15, 0.2) is 0 Å². The predicted molar refractivity (Wildman–Crippen MR) is 77.2 cm³/mol. The molecule has 1 aliphatic heterocycles. The molecule has 1 aromatic rings. The number of carbonyl (C=O) groups is 1. The van der Waals surface area contributed by atoms with E-state index in [1.54, 1.807) is 12.1 Å². The topological polar surface area (TPSA) is 20.3 Å². The molecular formula is C17H22FNO. The summed E-state index contributed by atoms with van der Waals surface area (Å²) in [6, 6.07) is 5.14. The van der Waals surface area contributed by atoms with Crippen LogP contribution in [0, 0.1) is 18.7 Å². The molecule has 1 unspecified atom stereocenters. The Balaban J connectivity index is 1.83. The van der Waals surface area contributed by atoms with Gasteiger partial charge >= 0.3 is 0 Å². The SMILES string of the molecule is Cc1ccc(F)c(C(=O)N2CCCC2C2CCCC2)c1. The van der Waals surface area contributed by atoms with Gasteiger partial charge in [0.2, 0.25) is 0 Å². The van der Waals surface area contributed by atoms with Crippen LogP contribution >= 0.6 is 0 Å². The van der Waals surface area contributed by atoms with Crippen LogP contribution in [0.1, 0.15) is 54.4 Å². The summed E-state index contributed by atoms with van der Waals surface area (Å²) >= 11 is 0. The molecule has 0 N–H and O–H groups in total. The normalized spacial score (nSPS) is 23.5. The van der Waals surface area contributed by atoms with E-state index in [9.17, 15) is 9.18 Å². The molecule has 1 atom stereocenters. The standard InChI is InChI=1S/C17H22FNO/c1-12-8-9-15(18)14(11-12)17(20)19-10-4-7-16(19)13-5-2-3-6-13/h8-9,11,13,16H,2-7,10H2,1H3. The highest BCUT2D eigenvalue weighted by atomic mass is 19.1. The van der Waals surface area contributed by atoms with E-state index in [-0.39, 0.29) is 11.5 Å². The van der Waals surface area contributed by atoms with Crippen LogP contribution in [0.4, 0.5) is 4.39 Å². The van der Waals surface area contributed by atoms with Crippen LogP contribution in [-0.2, 0) is 0 Å². The quantitative estimate of drug-likeness (QED) is 0.801. The molecule has 1 heterocycles. The van der Waals surface area contributed by atoms with Crippen LogP contribution < -0.4 is 0 Å². The molecule has 3 heteroatoms.